The molecular weight excluding hydrogens is 253 g/mol. The molecule has 2 rings (SSSR count). The zero-order valence-corrected chi connectivity index (χ0v) is 11.9. The van der Waals surface area contributed by atoms with Crippen molar-refractivity contribution < 1.29 is 9.50 Å². The Morgan fingerprint density at radius 1 is 1.15 bits per heavy atom. The molecule has 0 aliphatic carbocycles. The predicted molar refractivity (Wildman–Crippen MR) is 80.4 cm³/mol. The van der Waals surface area contributed by atoms with Gasteiger partial charge in [0.15, 0.2) is 0 Å². The Hall–Kier alpha value is -1.87. The highest BCUT2D eigenvalue weighted by Crippen LogP contribution is 2.22. The van der Waals surface area contributed by atoms with Crippen molar-refractivity contribution >= 4 is 5.69 Å². The van der Waals surface area contributed by atoms with Gasteiger partial charge in [-0.25, -0.2) is 4.39 Å². The molecule has 1 N–H and O–H groups in total. The topological polar surface area (TPSA) is 23.5 Å². The molecule has 3 heteroatoms. The summed E-state index contributed by atoms with van der Waals surface area (Å²) in [6.07, 6.45) is 0.225. The summed E-state index contributed by atoms with van der Waals surface area (Å²) in [4.78, 5) is 1.90. The van der Waals surface area contributed by atoms with Crippen molar-refractivity contribution in [2.45, 2.75) is 19.4 Å². The molecule has 0 saturated carbocycles. The maximum absolute atomic E-state index is 14.0. The molecular formula is C17H20FNO. The molecule has 0 spiro atoms. The number of aliphatic hydroxyl groups excluding tert-OH is 1. The van der Waals surface area contributed by atoms with Crippen LogP contribution in [0.15, 0.2) is 48.5 Å². The van der Waals surface area contributed by atoms with Crippen LogP contribution in [0.3, 0.4) is 0 Å². The monoisotopic (exact) mass is 273 g/mol. The minimum atomic E-state index is -0.645. The summed E-state index contributed by atoms with van der Waals surface area (Å²) in [5, 5.41) is 9.45. The van der Waals surface area contributed by atoms with E-state index < -0.39 is 6.10 Å². The van der Waals surface area contributed by atoms with Crippen LogP contribution in [0, 0.1) is 5.82 Å². The molecule has 1 atom stereocenters. The van der Waals surface area contributed by atoms with E-state index in [2.05, 4.69) is 12.1 Å². The van der Waals surface area contributed by atoms with Crippen LogP contribution in [-0.4, -0.2) is 18.7 Å². The van der Waals surface area contributed by atoms with Crippen LogP contribution in [0.5, 0.6) is 0 Å². The number of halogens is 1. The fourth-order valence-corrected chi connectivity index (χ4v) is 2.15. The number of nitrogens with zero attached hydrogens (tertiary/aromatic N) is 1. The molecule has 2 aromatic rings. The highest BCUT2D eigenvalue weighted by molar-refractivity contribution is 5.49. The van der Waals surface area contributed by atoms with Crippen LogP contribution >= 0.6 is 0 Å². The average Bonchev–Trinajstić information content (AvgIpc) is 2.45. The molecule has 0 unspecified atom stereocenters. The molecule has 2 nitrogen and oxygen atoms in total. The van der Waals surface area contributed by atoms with Gasteiger partial charge in [-0.05, 0) is 36.6 Å². The zero-order chi connectivity index (χ0) is 14.5. The maximum atomic E-state index is 14.0. The van der Waals surface area contributed by atoms with Gasteiger partial charge in [0.05, 0.1) is 11.8 Å². The van der Waals surface area contributed by atoms with E-state index in [1.165, 1.54) is 11.6 Å². The molecule has 2 aromatic carbocycles. The van der Waals surface area contributed by atoms with E-state index in [4.69, 9.17) is 0 Å². The van der Waals surface area contributed by atoms with Gasteiger partial charge in [-0.1, -0.05) is 36.4 Å². The van der Waals surface area contributed by atoms with Crippen LogP contribution in [0.4, 0.5) is 10.1 Å². The molecule has 0 radical (unpaired) electrons. The van der Waals surface area contributed by atoms with Crippen LogP contribution in [0.2, 0.25) is 0 Å². The van der Waals surface area contributed by atoms with Crippen LogP contribution in [-0.2, 0) is 6.42 Å². The fraction of sp³-hybridized carbons (Fsp3) is 0.294. The maximum Gasteiger partial charge on any atom is 0.146 e. The first kappa shape index (κ1) is 14.5. The van der Waals surface area contributed by atoms with E-state index in [0.717, 1.165) is 13.0 Å². The van der Waals surface area contributed by atoms with Gasteiger partial charge in [0.25, 0.3) is 0 Å². The lowest BCUT2D eigenvalue weighted by Crippen LogP contribution is -2.21. The Morgan fingerprint density at radius 3 is 2.45 bits per heavy atom. The first-order valence-corrected chi connectivity index (χ1v) is 6.80. The smallest absolute Gasteiger partial charge is 0.146 e. The lowest BCUT2D eigenvalue weighted by Gasteiger charge is -2.20. The van der Waals surface area contributed by atoms with Crippen LogP contribution in [0.25, 0.3) is 0 Å². The first-order chi connectivity index (χ1) is 9.58. The minimum Gasteiger partial charge on any atom is -0.389 e. The summed E-state index contributed by atoms with van der Waals surface area (Å²) >= 11 is 0. The molecule has 0 bridgehead atoms. The highest BCUT2D eigenvalue weighted by Gasteiger charge is 2.10. The molecule has 0 amide bonds. The van der Waals surface area contributed by atoms with E-state index in [-0.39, 0.29) is 5.82 Å². The van der Waals surface area contributed by atoms with Crippen molar-refractivity contribution in [2.75, 3.05) is 18.5 Å². The van der Waals surface area contributed by atoms with Gasteiger partial charge in [0.1, 0.15) is 5.82 Å². The lowest BCUT2D eigenvalue weighted by atomic mass is 10.1. The SMILES string of the molecule is C[C@@H](O)c1ccc(N(C)CCc2ccccc2)c(F)c1. The van der Waals surface area contributed by atoms with Crippen molar-refractivity contribution in [1.29, 1.82) is 0 Å². The van der Waals surface area contributed by atoms with Gasteiger partial charge >= 0.3 is 0 Å². The fourth-order valence-electron chi connectivity index (χ4n) is 2.15. The zero-order valence-electron chi connectivity index (χ0n) is 11.9. The van der Waals surface area contributed by atoms with Gasteiger partial charge in [0, 0.05) is 13.6 Å². The van der Waals surface area contributed by atoms with Gasteiger partial charge in [-0.2, -0.15) is 0 Å². The van der Waals surface area contributed by atoms with Crippen molar-refractivity contribution in [3.63, 3.8) is 0 Å². The first-order valence-electron chi connectivity index (χ1n) is 6.80. The second-order valence-electron chi connectivity index (χ2n) is 5.04. The molecule has 0 aromatic heterocycles. The Kier molecular flexibility index (Phi) is 4.74. The molecule has 0 saturated heterocycles. The summed E-state index contributed by atoms with van der Waals surface area (Å²) in [5.41, 5.74) is 2.40. The van der Waals surface area contributed by atoms with Crippen LogP contribution < -0.4 is 4.90 Å². The third-order valence-electron chi connectivity index (χ3n) is 3.44. The minimum absolute atomic E-state index is 0.293. The Morgan fingerprint density at radius 2 is 1.85 bits per heavy atom. The molecule has 20 heavy (non-hydrogen) atoms. The van der Waals surface area contributed by atoms with Crippen molar-refractivity contribution in [3.05, 3.63) is 65.5 Å². The standard InChI is InChI=1S/C17H20FNO/c1-13(20)15-8-9-17(16(18)12-15)19(2)11-10-14-6-4-3-5-7-14/h3-9,12-13,20H,10-11H2,1-2H3/t13-/m1/s1. The quantitative estimate of drug-likeness (QED) is 0.900. The van der Waals surface area contributed by atoms with Gasteiger partial charge in [-0.15, -0.1) is 0 Å². The number of rotatable bonds is 5. The number of benzene rings is 2. The molecule has 0 aliphatic rings. The third kappa shape index (κ3) is 3.58. The molecule has 106 valence electrons. The normalized spacial score (nSPS) is 12.2. The number of likely N-dealkylation sites (N-methyl/N-ethyl adjacent to an activating group) is 1. The van der Waals surface area contributed by atoms with E-state index >= 15 is 0 Å². The van der Waals surface area contributed by atoms with Gasteiger partial charge < -0.3 is 10.0 Å². The van der Waals surface area contributed by atoms with Crippen molar-refractivity contribution in [1.82, 2.24) is 0 Å². The highest BCUT2D eigenvalue weighted by atomic mass is 19.1. The summed E-state index contributed by atoms with van der Waals surface area (Å²) < 4.78 is 14.0. The summed E-state index contributed by atoms with van der Waals surface area (Å²) in [5.74, 6) is -0.293. The average molecular weight is 273 g/mol. The third-order valence-corrected chi connectivity index (χ3v) is 3.44. The van der Waals surface area contributed by atoms with E-state index in [1.54, 1.807) is 19.1 Å². The predicted octanol–water partition coefficient (Wildman–Crippen LogP) is 3.56. The largest absolute Gasteiger partial charge is 0.389 e. The van der Waals surface area contributed by atoms with Gasteiger partial charge in [-0.3, -0.25) is 0 Å². The van der Waals surface area contributed by atoms with E-state index in [0.29, 0.717) is 11.3 Å². The number of anilines is 1. The lowest BCUT2D eigenvalue weighted by molar-refractivity contribution is 0.199. The Labute approximate surface area is 119 Å². The number of hydrogen-bond acceptors (Lipinski definition) is 2. The summed E-state index contributed by atoms with van der Waals surface area (Å²) in [6, 6.07) is 15.0. The van der Waals surface area contributed by atoms with E-state index in [1.807, 2.05) is 30.1 Å². The Balaban J connectivity index is 2.04. The number of aliphatic hydroxyl groups is 1. The molecule has 0 aliphatic heterocycles. The van der Waals surface area contributed by atoms with Crippen LogP contribution in [0.1, 0.15) is 24.2 Å². The van der Waals surface area contributed by atoms with Crippen molar-refractivity contribution in [3.8, 4) is 0 Å². The number of hydrogen-bond donors (Lipinski definition) is 1. The summed E-state index contributed by atoms with van der Waals surface area (Å²) in [6.45, 7) is 2.38. The Bertz CT molecular complexity index is 554. The molecule has 0 heterocycles. The second kappa shape index (κ2) is 6.53. The summed E-state index contributed by atoms with van der Waals surface area (Å²) in [7, 11) is 1.88. The second-order valence-corrected chi connectivity index (χ2v) is 5.04. The van der Waals surface area contributed by atoms with E-state index in [9.17, 15) is 9.50 Å². The molecule has 0 fully saturated rings. The van der Waals surface area contributed by atoms with Crippen molar-refractivity contribution in [2.24, 2.45) is 0 Å². The van der Waals surface area contributed by atoms with Gasteiger partial charge in [0.2, 0.25) is 0 Å².